The number of carbonyl (C=O) groups excluding carboxylic acids is 3. The Hall–Kier alpha value is -5.19. The molecule has 3 amide bonds. The maximum atomic E-state index is 14.1. The van der Waals surface area contributed by atoms with Crippen molar-refractivity contribution in [3.63, 3.8) is 0 Å². The van der Waals surface area contributed by atoms with Crippen molar-refractivity contribution in [1.29, 1.82) is 0 Å². The summed E-state index contributed by atoms with van der Waals surface area (Å²) in [7, 11) is 0. The highest BCUT2D eigenvalue weighted by Gasteiger charge is 2.44. The number of rotatable bonds is 21. The number of β-amino-alcohol motifs (C(OH)–C–C–N with tert-alkyl or cyclic N) is 1. The summed E-state index contributed by atoms with van der Waals surface area (Å²) in [6.45, 7) is 10.2. The number of unbranched alkanes of at least 4 members (excludes halogenated alkanes) is 6. The van der Waals surface area contributed by atoms with Gasteiger partial charge in [0.05, 0.1) is 40.5 Å². The monoisotopic (exact) mass is 981 g/mol. The molecule has 0 radical (unpaired) electrons. The van der Waals surface area contributed by atoms with Crippen molar-refractivity contribution >= 4 is 74.2 Å². The number of para-hydroxylation sites is 1. The van der Waals surface area contributed by atoms with Gasteiger partial charge in [0.1, 0.15) is 28.5 Å². The van der Waals surface area contributed by atoms with E-state index >= 15 is 0 Å². The summed E-state index contributed by atoms with van der Waals surface area (Å²) in [6.07, 6.45) is 6.36. The van der Waals surface area contributed by atoms with Gasteiger partial charge in [0.15, 0.2) is 5.13 Å². The first-order chi connectivity index (χ1) is 32.2. The predicted molar refractivity (Wildman–Crippen MR) is 272 cm³/mol. The quantitative estimate of drug-likeness (QED) is 0.0515. The van der Waals surface area contributed by atoms with Crippen molar-refractivity contribution in [3.05, 3.63) is 105 Å². The molecule has 3 aromatic carbocycles. The third-order valence-corrected chi connectivity index (χ3v) is 14.7. The molecule has 4 N–H and O–H groups in total. The Bertz CT molecular complexity index is 2570. The number of nitrogens with one attached hydrogen (secondary N) is 3. The molecule has 7 rings (SSSR count). The third kappa shape index (κ3) is 13.5. The molecule has 0 unspecified atom stereocenters. The number of halogens is 1. The standard InChI is InChI=1S/C51H60ClN7O5S3/c1-32(34-18-20-35(21-19-34)45-33(2)53-31-67-45)54-47(62)42-27-38(60)28-59(42)49(63)46(51(3,4)5)58-44(61)17-11-9-7-6-8-10-14-26-64-43-16-13-12-15-39(43)40-29-65-48(56-40)41-30-66-50(57-41)55-37-24-22-36(52)23-25-37/h12-13,15-16,18-25,29-32,38,42,46,60H,6-11,14,17,26-28H2,1-5H3,(H,54,62)(H,55,57)(H,58,61)/t32-,38+,42-,46+/m0/s1. The number of nitrogens with zero attached hydrogens (tertiary/aromatic N) is 4. The van der Waals surface area contributed by atoms with Crippen LogP contribution < -0.4 is 20.7 Å². The summed E-state index contributed by atoms with van der Waals surface area (Å²) in [5, 5.41) is 26.4. The van der Waals surface area contributed by atoms with Crippen molar-refractivity contribution in [1.82, 2.24) is 30.5 Å². The average Bonchev–Trinajstić information content (AvgIpc) is 4.15. The van der Waals surface area contributed by atoms with Gasteiger partial charge < -0.3 is 30.7 Å². The van der Waals surface area contributed by atoms with Crippen LogP contribution in [0.4, 0.5) is 10.8 Å². The third-order valence-electron chi connectivity index (χ3n) is 11.9. The molecule has 3 aromatic heterocycles. The number of benzene rings is 3. The van der Waals surface area contributed by atoms with E-state index in [0.29, 0.717) is 18.1 Å². The number of amides is 3. The Balaban J connectivity index is 0.798. The molecule has 0 aliphatic carbocycles. The molecule has 4 atom stereocenters. The lowest BCUT2D eigenvalue weighted by Crippen LogP contribution is -2.57. The molecule has 0 bridgehead atoms. The first kappa shape index (κ1) is 49.7. The number of hydrogen-bond donors (Lipinski definition) is 4. The van der Waals surface area contributed by atoms with Crippen molar-refractivity contribution in [3.8, 4) is 38.1 Å². The van der Waals surface area contributed by atoms with E-state index in [1.54, 1.807) is 22.7 Å². The molecule has 1 aliphatic rings. The van der Waals surface area contributed by atoms with Gasteiger partial charge in [0, 0.05) is 46.4 Å². The number of anilines is 2. The van der Waals surface area contributed by atoms with Gasteiger partial charge in [-0.3, -0.25) is 14.4 Å². The van der Waals surface area contributed by atoms with E-state index in [1.807, 2.05) is 124 Å². The van der Waals surface area contributed by atoms with E-state index in [2.05, 4.69) is 20.9 Å². The molecule has 0 spiro atoms. The lowest BCUT2D eigenvalue weighted by atomic mass is 9.85. The fourth-order valence-electron chi connectivity index (χ4n) is 8.11. The Morgan fingerprint density at radius 1 is 0.866 bits per heavy atom. The van der Waals surface area contributed by atoms with Gasteiger partial charge in [-0.1, -0.05) is 101 Å². The van der Waals surface area contributed by atoms with Crippen LogP contribution in [0.5, 0.6) is 5.75 Å². The van der Waals surface area contributed by atoms with Gasteiger partial charge in [-0.25, -0.2) is 15.0 Å². The van der Waals surface area contributed by atoms with Gasteiger partial charge >= 0.3 is 0 Å². The van der Waals surface area contributed by atoms with Crippen LogP contribution in [0.2, 0.25) is 5.02 Å². The lowest BCUT2D eigenvalue weighted by Gasteiger charge is -2.35. The maximum Gasteiger partial charge on any atom is 0.246 e. The molecule has 1 saturated heterocycles. The van der Waals surface area contributed by atoms with E-state index in [4.69, 9.17) is 26.3 Å². The Kier molecular flexibility index (Phi) is 17.2. The number of aromatic nitrogens is 3. The van der Waals surface area contributed by atoms with Gasteiger partial charge in [-0.05, 0) is 79.6 Å². The van der Waals surface area contributed by atoms with Crippen LogP contribution in [-0.4, -0.2) is 74.0 Å². The smallest absolute Gasteiger partial charge is 0.246 e. The number of thiazole rings is 3. The summed E-state index contributed by atoms with van der Waals surface area (Å²) >= 11 is 10.7. The minimum atomic E-state index is -0.851. The average molecular weight is 983 g/mol. The molecule has 1 fully saturated rings. The Morgan fingerprint density at radius 2 is 1.57 bits per heavy atom. The molecular weight excluding hydrogens is 922 g/mol. The zero-order chi connectivity index (χ0) is 47.5. The van der Waals surface area contributed by atoms with Crippen LogP contribution in [0.15, 0.2) is 89.1 Å². The van der Waals surface area contributed by atoms with E-state index in [9.17, 15) is 19.5 Å². The number of aryl methyl sites for hydroxylation is 1. The van der Waals surface area contributed by atoms with Crippen molar-refractivity contribution < 1.29 is 24.2 Å². The lowest BCUT2D eigenvalue weighted by molar-refractivity contribution is -0.144. The summed E-state index contributed by atoms with van der Waals surface area (Å²) in [4.78, 5) is 57.6. The summed E-state index contributed by atoms with van der Waals surface area (Å²) < 4.78 is 6.26. The van der Waals surface area contributed by atoms with Crippen LogP contribution >= 0.6 is 45.6 Å². The molecule has 67 heavy (non-hydrogen) atoms. The van der Waals surface area contributed by atoms with Crippen molar-refractivity contribution in [2.24, 2.45) is 5.41 Å². The molecule has 354 valence electrons. The van der Waals surface area contributed by atoms with E-state index in [-0.39, 0.29) is 36.7 Å². The molecule has 16 heteroatoms. The number of aliphatic hydroxyl groups is 1. The second kappa shape index (κ2) is 23.2. The van der Waals surface area contributed by atoms with Crippen LogP contribution in [0.25, 0.3) is 32.4 Å². The molecule has 1 aliphatic heterocycles. The number of ether oxygens (including phenoxy) is 1. The second-order valence-corrected chi connectivity index (χ2v) is 21.2. The van der Waals surface area contributed by atoms with Crippen LogP contribution in [-0.2, 0) is 14.4 Å². The highest BCUT2D eigenvalue weighted by atomic mass is 35.5. The van der Waals surface area contributed by atoms with Gasteiger partial charge in [0.2, 0.25) is 17.7 Å². The summed E-state index contributed by atoms with van der Waals surface area (Å²) in [5.74, 6) is -0.0644. The summed E-state index contributed by atoms with van der Waals surface area (Å²) in [6, 6.07) is 21.5. The van der Waals surface area contributed by atoms with E-state index in [1.165, 1.54) is 16.2 Å². The predicted octanol–water partition coefficient (Wildman–Crippen LogP) is 11.6. The molecule has 6 aromatic rings. The molecular formula is C51H60ClN7O5S3. The van der Waals surface area contributed by atoms with Crippen LogP contribution in [0, 0.1) is 12.3 Å². The highest BCUT2D eigenvalue weighted by molar-refractivity contribution is 7.16. The van der Waals surface area contributed by atoms with Crippen LogP contribution in [0.3, 0.4) is 0 Å². The minimum absolute atomic E-state index is 0.0325. The molecule has 0 saturated carbocycles. The number of likely N-dealkylation sites (tertiary alicyclic amines) is 1. The second-order valence-electron chi connectivity index (χ2n) is 18.2. The normalized spacial score (nSPS) is 15.8. The van der Waals surface area contributed by atoms with Crippen molar-refractivity contribution in [2.45, 2.75) is 117 Å². The van der Waals surface area contributed by atoms with Crippen LogP contribution in [0.1, 0.15) is 103 Å². The Morgan fingerprint density at radius 3 is 2.28 bits per heavy atom. The number of carbonyl (C=O) groups is 3. The minimum Gasteiger partial charge on any atom is -0.493 e. The van der Waals surface area contributed by atoms with E-state index < -0.39 is 23.6 Å². The van der Waals surface area contributed by atoms with Gasteiger partial charge in [-0.2, -0.15) is 0 Å². The largest absolute Gasteiger partial charge is 0.493 e. The van der Waals surface area contributed by atoms with Gasteiger partial charge in [0.25, 0.3) is 0 Å². The molecule has 12 nitrogen and oxygen atoms in total. The maximum absolute atomic E-state index is 14.1. The fourth-order valence-corrected chi connectivity index (χ4v) is 10.6. The number of hydrogen-bond acceptors (Lipinski definition) is 12. The zero-order valence-electron chi connectivity index (χ0n) is 38.7. The summed E-state index contributed by atoms with van der Waals surface area (Å²) in [5.41, 5.74) is 7.73. The first-order valence-electron chi connectivity index (χ1n) is 23.0. The fraction of sp³-hybridized carbons (Fsp3) is 0.412. The van der Waals surface area contributed by atoms with Crippen molar-refractivity contribution in [2.75, 3.05) is 18.5 Å². The Labute approximate surface area is 410 Å². The van der Waals surface area contributed by atoms with E-state index in [0.717, 1.165) is 105 Å². The SMILES string of the molecule is Cc1ncsc1-c1ccc([C@H](C)NC(=O)[C@@H]2C[C@@H](O)CN2C(=O)[C@@H](NC(=O)CCCCCCCCCOc2ccccc2-c2csc(-c3csc(Nc4ccc(Cl)cc4)n3)n2)C(C)(C)C)cc1. The highest BCUT2D eigenvalue weighted by Crippen LogP contribution is 2.36. The zero-order valence-corrected chi connectivity index (χ0v) is 41.9. The molecule has 4 heterocycles. The van der Waals surface area contributed by atoms with Gasteiger partial charge in [-0.15, -0.1) is 34.0 Å². The first-order valence-corrected chi connectivity index (χ1v) is 26.0. The topological polar surface area (TPSA) is 159 Å². The number of aliphatic hydroxyl groups excluding tert-OH is 1.